The van der Waals surface area contributed by atoms with Gasteiger partial charge in [-0.2, -0.15) is 0 Å². The molecule has 35 heavy (non-hydrogen) atoms. The fraction of sp³-hybridized carbons (Fsp3) is 0.185. The number of hydrogen-bond acceptors (Lipinski definition) is 3. The van der Waals surface area contributed by atoms with Crippen LogP contribution >= 0.6 is 0 Å². The van der Waals surface area contributed by atoms with Gasteiger partial charge in [0.05, 0.1) is 13.2 Å². The van der Waals surface area contributed by atoms with Gasteiger partial charge in [-0.3, -0.25) is 4.79 Å². The molecule has 0 fully saturated rings. The van der Waals surface area contributed by atoms with Crippen molar-refractivity contribution in [3.63, 3.8) is 0 Å². The molecule has 0 saturated carbocycles. The summed E-state index contributed by atoms with van der Waals surface area (Å²) in [6.45, 7) is 0.239. The van der Waals surface area contributed by atoms with Gasteiger partial charge in [0.15, 0.2) is 0 Å². The van der Waals surface area contributed by atoms with Crippen molar-refractivity contribution in [3.05, 3.63) is 108 Å². The van der Waals surface area contributed by atoms with E-state index in [0.29, 0.717) is 11.4 Å². The maximum absolute atomic E-state index is 13.5. The van der Waals surface area contributed by atoms with Crippen LogP contribution in [0.1, 0.15) is 17.2 Å². The zero-order valence-corrected chi connectivity index (χ0v) is 19.2. The molecule has 3 aromatic carbocycles. The molecule has 3 amide bonds. The Labute approximate surface area is 202 Å². The molecule has 1 unspecified atom stereocenters. The second-order valence-electron chi connectivity index (χ2n) is 8.12. The summed E-state index contributed by atoms with van der Waals surface area (Å²) in [5.41, 5.74) is 1.92. The van der Waals surface area contributed by atoms with Crippen LogP contribution in [-0.2, 0) is 11.3 Å². The van der Waals surface area contributed by atoms with Gasteiger partial charge in [0.25, 0.3) is 0 Å². The average Bonchev–Trinajstić information content (AvgIpc) is 2.85. The number of rotatable bonds is 5. The largest absolute Gasteiger partial charge is 0.497 e. The molecule has 180 valence electrons. The van der Waals surface area contributed by atoms with E-state index in [1.54, 1.807) is 30.2 Å². The number of amides is 3. The van der Waals surface area contributed by atoms with Gasteiger partial charge in [0.1, 0.15) is 23.9 Å². The highest BCUT2D eigenvalue weighted by molar-refractivity contribution is 5.92. The van der Waals surface area contributed by atoms with Crippen LogP contribution in [0.4, 0.5) is 19.3 Å². The highest BCUT2D eigenvalue weighted by atomic mass is 19.1. The lowest BCUT2D eigenvalue weighted by molar-refractivity contribution is -0.134. The molecule has 0 radical (unpaired) electrons. The summed E-state index contributed by atoms with van der Waals surface area (Å²) in [5, 5.41) is 2.63. The van der Waals surface area contributed by atoms with Gasteiger partial charge in [0, 0.05) is 18.8 Å². The molecule has 1 aliphatic heterocycles. The summed E-state index contributed by atoms with van der Waals surface area (Å²) in [5.74, 6) is -0.423. The minimum absolute atomic E-state index is 0.181. The van der Waals surface area contributed by atoms with Crippen molar-refractivity contribution < 1.29 is 23.1 Å². The smallest absolute Gasteiger partial charge is 0.322 e. The average molecular weight is 478 g/mol. The first-order valence-electron chi connectivity index (χ1n) is 11.1. The summed E-state index contributed by atoms with van der Waals surface area (Å²) in [7, 11) is 1.58. The molecule has 4 rings (SSSR count). The monoisotopic (exact) mass is 477 g/mol. The first-order chi connectivity index (χ1) is 16.9. The predicted octanol–water partition coefficient (Wildman–Crippen LogP) is 5.15. The van der Waals surface area contributed by atoms with Gasteiger partial charge in [-0.15, -0.1) is 0 Å². The van der Waals surface area contributed by atoms with Crippen molar-refractivity contribution >= 4 is 17.6 Å². The minimum Gasteiger partial charge on any atom is -0.497 e. The number of urea groups is 1. The van der Waals surface area contributed by atoms with Crippen LogP contribution in [0.15, 0.2) is 84.9 Å². The van der Waals surface area contributed by atoms with Crippen molar-refractivity contribution in [1.82, 2.24) is 9.80 Å². The van der Waals surface area contributed by atoms with Crippen LogP contribution in [0.25, 0.3) is 0 Å². The number of hydrogen-bond donors (Lipinski definition) is 1. The molecule has 6 nitrogen and oxygen atoms in total. The maximum Gasteiger partial charge on any atom is 0.322 e. The molecule has 1 aliphatic rings. The third-order valence-electron chi connectivity index (χ3n) is 5.71. The minimum atomic E-state index is -0.516. The quantitative estimate of drug-likeness (QED) is 0.517. The molecule has 3 aromatic rings. The number of ether oxygens (including phenoxy) is 1. The fourth-order valence-corrected chi connectivity index (χ4v) is 3.88. The molecule has 1 N–H and O–H groups in total. The standard InChI is InChI=1S/C27H25F2N3O3/c1-35-24-13-9-20(10-14-24)25-6-3-15-31(27(34)30-23-5-2-4-22(29)16-23)18-26(33)32(25)17-19-7-11-21(28)12-8-19/h2-14,16,25H,15,17-18H2,1H3,(H,30,34)/b6-3-. The van der Waals surface area contributed by atoms with E-state index in [9.17, 15) is 18.4 Å². The van der Waals surface area contributed by atoms with Gasteiger partial charge in [-0.05, 0) is 53.6 Å². The zero-order valence-electron chi connectivity index (χ0n) is 19.2. The lowest BCUT2D eigenvalue weighted by Crippen LogP contribution is -2.46. The van der Waals surface area contributed by atoms with Gasteiger partial charge in [-0.25, -0.2) is 13.6 Å². The van der Waals surface area contributed by atoms with Crippen LogP contribution < -0.4 is 10.1 Å². The first-order valence-corrected chi connectivity index (χ1v) is 11.1. The molecule has 0 aromatic heterocycles. The van der Waals surface area contributed by atoms with E-state index in [1.165, 1.54) is 35.2 Å². The number of benzene rings is 3. The van der Waals surface area contributed by atoms with Gasteiger partial charge in [0.2, 0.25) is 5.91 Å². The molecule has 1 heterocycles. The fourth-order valence-electron chi connectivity index (χ4n) is 3.88. The lowest BCUT2D eigenvalue weighted by atomic mass is 10.0. The topological polar surface area (TPSA) is 61.9 Å². The van der Waals surface area contributed by atoms with Crippen LogP contribution in [0, 0.1) is 11.6 Å². The number of methoxy groups -OCH3 is 1. The van der Waals surface area contributed by atoms with Crippen LogP contribution in [0.3, 0.4) is 0 Å². The number of nitrogens with one attached hydrogen (secondary N) is 1. The molecule has 0 spiro atoms. The summed E-state index contributed by atoms with van der Waals surface area (Å²) >= 11 is 0. The molecular formula is C27H25F2N3O3. The SMILES string of the molecule is COc1ccc(C2/C=C\CN(C(=O)Nc3cccc(F)c3)CC(=O)N2Cc2ccc(F)cc2)cc1. The number of nitrogens with zero attached hydrogens (tertiary/aromatic N) is 2. The first kappa shape index (κ1) is 23.9. The van der Waals surface area contributed by atoms with E-state index in [1.807, 2.05) is 36.4 Å². The maximum atomic E-state index is 13.5. The number of carbonyl (C=O) groups excluding carboxylic acids is 2. The molecule has 1 atom stereocenters. The van der Waals surface area contributed by atoms with E-state index in [0.717, 1.165) is 11.1 Å². The highest BCUT2D eigenvalue weighted by Gasteiger charge is 2.28. The Morgan fingerprint density at radius 3 is 2.46 bits per heavy atom. The van der Waals surface area contributed by atoms with Gasteiger partial charge in [-0.1, -0.05) is 42.5 Å². The number of anilines is 1. The van der Waals surface area contributed by atoms with Gasteiger partial charge < -0.3 is 19.9 Å². The number of carbonyl (C=O) groups is 2. The third kappa shape index (κ3) is 6.03. The lowest BCUT2D eigenvalue weighted by Gasteiger charge is -2.34. The van der Waals surface area contributed by atoms with E-state index in [2.05, 4.69) is 5.32 Å². The van der Waals surface area contributed by atoms with Crippen molar-refractivity contribution in [2.45, 2.75) is 12.6 Å². The Balaban J connectivity index is 1.61. The second-order valence-corrected chi connectivity index (χ2v) is 8.12. The van der Waals surface area contributed by atoms with E-state index < -0.39 is 17.9 Å². The Morgan fingerprint density at radius 2 is 1.77 bits per heavy atom. The van der Waals surface area contributed by atoms with Crippen molar-refractivity contribution in [2.75, 3.05) is 25.5 Å². The summed E-state index contributed by atoms with van der Waals surface area (Å²) in [6.07, 6.45) is 3.69. The predicted molar refractivity (Wildman–Crippen MR) is 129 cm³/mol. The highest BCUT2D eigenvalue weighted by Crippen LogP contribution is 2.28. The molecule has 0 saturated heterocycles. The molecular weight excluding hydrogens is 452 g/mol. The van der Waals surface area contributed by atoms with Gasteiger partial charge >= 0.3 is 6.03 Å². The Hall–Kier alpha value is -4.20. The normalized spacial score (nSPS) is 16.9. The Kier molecular flexibility index (Phi) is 7.40. The Bertz CT molecular complexity index is 1210. The van der Waals surface area contributed by atoms with Crippen LogP contribution in [0.5, 0.6) is 5.75 Å². The van der Waals surface area contributed by atoms with E-state index in [4.69, 9.17) is 4.74 Å². The van der Waals surface area contributed by atoms with Crippen molar-refractivity contribution in [3.8, 4) is 5.75 Å². The summed E-state index contributed by atoms with van der Waals surface area (Å²) < 4.78 is 32.2. The van der Waals surface area contributed by atoms with Crippen LogP contribution in [-0.4, -0.2) is 41.9 Å². The van der Waals surface area contributed by atoms with E-state index >= 15 is 0 Å². The van der Waals surface area contributed by atoms with Crippen molar-refractivity contribution in [2.24, 2.45) is 0 Å². The van der Waals surface area contributed by atoms with Crippen molar-refractivity contribution in [1.29, 1.82) is 0 Å². The molecule has 8 heteroatoms. The third-order valence-corrected chi connectivity index (χ3v) is 5.71. The van der Waals surface area contributed by atoms with Crippen LogP contribution in [0.2, 0.25) is 0 Å². The Morgan fingerprint density at radius 1 is 1.03 bits per heavy atom. The summed E-state index contributed by atoms with van der Waals surface area (Å²) in [6, 6.07) is 18.0. The molecule has 0 bridgehead atoms. The summed E-state index contributed by atoms with van der Waals surface area (Å²) in [4.78, 5) is 29.3. The second kappa shape index (κ2) is 10.8. The number of halogens is 2. The molecule has 0 aliphatic carbocycles. The zero-order chi connectivity index (χ0) is 24.8. The van der Waals surface area contributed by atoms with E-state index in [-0.39, 0.29) is 31.4 Å².